The lowest BCUT2D eigenvalue weighted by Crippen LogP contribution is -2.31. The second-order valence-corrected chi connectivity index (χ2v) is 12.4. The first kappa shape index (κ1) is 27.8. The molecule has 0 heterocycles. The van der Waals surface area contributed by atoms with E-state index >= 15 is 0 Å². The van der Waals surface area contributed by atoms with Crippen LogP contribution in [0, 0.1) is 20.8 Å². The zero-order chi connectivity index (χ0) is 27.4. The molecular formula is C31H30BrNO4S. The normalized spacial score (nSPS) is 11.6. The van der Waals surface area contributed by atoms with Crippen molar-refractivity contribution in [2.75, 3.05) is 0 Å². The second kappa shape index (κ2) is 11.6. The Labute approximate surface area is 233 Å². The molecule has 0 aromatic heterocycles. The number of aliphatic carboxylic acids is 1. The van der Waals surface area contributed by atoms with Crippen LogP contribution in [-0.4, -0.2) is 23.8 Å². The molecule has 196 valence electrons. The molecule has 0 aliphatic carbocycles. The molecule has 0 atom stereocenters. The Hall–Kier alpha value is -3.26. The summed E-state index contributed by atoms with van der Waals surface area (Å²) in [5.41, 5.74) is 6.83. The first-order valence-electron chi connectivity index (χ1n) is 12.3. The SMILES string of the molecule is Cc1cc(C)c(S(=O)(=O)N(Cc2ccc(-c3cccc(CC(=O)O)c3)cc2)Cc2cccc(Br)c2)c(C)c1. The van der Waals surface area contributed by atoms with Gasteiger partial charge in [-0.3, -0.25) is 4.79 Å². The molecular weight excluding hydrogens is 562 g/mol. The number of carbonyl (C=O) groups is 1. The van der Waals surface area contributed by atoms with E-state index in [1.807, 2.05) is 99.6 Å². The fraction of sp³-hybridized carbons (Fsp3) is 0.194. The zero-order valence-electron chi connectivity index (χ0n) is 21.6. The molecule has 0 saturated carbocycles. The van der Waals surface area contributed by atoms with Crippen LogP contribution in [0.1, 0.15) is 33.4 Å². The van der Waals surface area contributed by atoms with Gasteiger partial charge >= 0.3 is 5.97 Å². The van der Waals surface area contributed by atoms with Gasteiger partial charge in [-0.15, -0.1) is 0 Å². The molecule has 4 aromatic carbocycles. The molecule has 0 spiro atoms. The fourth-order valence-corrected chi connectivity index (χ4v) is 7.08. The number of halogens is 1. The number of benzene rings is 4. The van der Waals surface area contributed by atoms with E-state index in [9.17, 15) is 13.2 Å². The first-order valence-corrected chi connectivity index (χ1v) is 14.5. The molecule has 0 radical (unpaired) electrons. The van der Waals surface area contributed by atoms with Crippen LogP contribution in [0.4, 0.5) is 0 Å². The summed E-state index contributed by atoms with van der Waals surface area (Å²) in [5.74, 6) is -0.872. The van der Waals surface area contributed by atoms with Gasteiger partial charge in [0.15, 0.2) is 0 Å². The van der Waals surface area contributed by atoms with Gasteiger partial charge in [-0.05, 0) is 71.8 Å². The molecule has 38 heavy (non-hydrogen) atoms. The molecule has 1 N–H and O–H groups in total. The predicted octanol–water partition coefficient (Wildman–Crippen LogP) is 7.06. The molecule has 0 saturated heterocycles. The van der Waals surface area contributed by atoms with E-state index in [-0.39, 0.29) is 19.5 Å². The summed E-state index contributed by atoms with van der Waals surface area (Å²) in [6.07, 6.45) is -0.0355. The Morgan fingerprint density at radius 2 is 1.37 bits per heavy atom. The largest absolute Gasteiger partial charge is 0.481 e. The molecule has 0 fully saturated rings. The van der Waals surface area contributed by atoms with E-state index in [4.69, 9.17) is 5.11 Å². The van der Waals surface area contributed by atoms with Crippen LogP contribution in [0.5, 0.6) is 0 Å². The van der Waals surface area contributed by atoms with Gasteiger partial charge in [0.2, 0.25) is 10.0 Å². The maximum absolute atomic E-state index is 14.1. The standard InChI is InChI=1S/C31H30BrNO4S/c1-21-14-22(2)31(23(3)15-21)38(36,37)33(20-26-7-5-9-29(32)17-26)19-24-10-12-27(13-11-24)28-8-4-6-25(16-28)18-30(34)35/h4-17H,18-20H2,1-3H3,(H,34,35). The number of sulfonamides is 1. The number of hydrogen-bond acceptors (Lipinski definition) is 3. The summed E-state index contributed by atoms with van der Waals surface area (Å²) in [6.45, 7) is 6.10. The van der Waals surface area contributed by atoms with E-state index in [0.29, 0.717) is 4.90 Å². The van der Waals surface area contributed by atoms with Crippen molar-refractivity contribution in [1.29, 1.82) is 0 Å². The highest BCUT2D eigenvalue weighted by atomic mass is 79.9. The van der Waals surface area contributed by atoms with Crippen molar-refractivity contribution < 1.29 is 18.3 Å². The number of carboxylic acid groups (broad SMARTS) is 1. The molecule has 0 aliphatic heterocycles. The average Bonchev–Trinajstić information content (AvgIpc) is 2.83. The van der Waals surface area contributed by atoms with Crippen LogP contribution in [-0.2, 0) is 34.3 Å². The van der Waals surface area contributed by atoms with Crippen molar-refractivity contribution in [2.45, 2.75) is 45.2 Å². The molecule has 5 nitrogen and oxygen atoms in total. The maximum Gasteiger partial charge on any atom is 0.307 e. The predicted molar refractivity (Wildman–Crippen MR) is 154 cm³/mol. The molecule has 4 rings (SSSR count). The number of hydrogen-bond donors (Lipinski definition) is 1. The molecule has 0 amide bonds. The molecule has 0 unspecified atom stereocenters. The lowest BCUT2D eigenvalue weighted by molar-refractivity contribution is -0.136. The topological polar surface area (TPSA) is 74.7 Å². The summed E-state index contributed by atoms with van der Waals surface area (Å²) in [7, 11) is -3.81. The summed E-state index contributed by atoms with van der Waals surface area (Å²) < 4.78 is 30.5. The average molecular weight is 593 g/mol. The van der Waals surface area contributed by atoms with Crippen LogP contribution in [0.2, 0.25) is 0 Å². The van der Waals surface area contributed by atoms with Crippen molar-refractivity contribution in [3.05, 3.63) is 123 Å². The quantitative estimate of drug-likeness (QED) is 0.226. The van der Waals surface area contributed by atoms with Crippen molar-refractivity contribution in [1.82, 2.24) is 4.31 Å². The van der Waals surface area contributed by atoms with Crippen LogP contribution in [0.15, 0.2) is 94.3 Å². The van der Waals surface area contributed by atoms with Crippen molar-refractivity contribution in [3.63, 3.8) is 0 Å². The van der Waals surface area contributed by atoms with E-state index in [1.54, 1.807) is 6.07 Å². The van der Waals surface area contributed by atoms with Crippen molar-refractivity contribution in [3.8, 4) is 11.1 Å². The van der Waals surface area contributed by atoms with Crippen molar-refractivity contribution in [2.24, 2.45) is 0 Å². The summed E-state index contributed by atoms with van der Waals surface area (Å²) >= 11 is 3.49. The highest BCUT2D eigenvalue weighted by molar-refractivity contribution is 9.10. The first-order chi connectivity index (χ1) is 18.0. The number of nitrogens with zero attached hydrogens (tertiary/aromatic N) is 1. The minimum absolute atomic E-state index is 0.0355. The van der Waals surface area contributed by atoms with E-state index in [1.165, 1.54) is 4.31 Å². The summed E-state index contributed by atoms with van der Waals surface area (Å²) in [6, 6.07) is 26.7. The molecule has 4 aromatic rings. The Kier molecular flexibility index (Phi) is 8.51. The van der Waals surface area contributed by atoms with Crippen LogP contribution in [0.25, 0.3) is 11.1 Å². The van der Waals surface area contributed by atoms with Gasteiger partial charge in [0.25, 0.3) is 0 Å². The van der Waals surface area contributed by atoms with Crippen LogP contribution in [0.3, 0.4) is 0 Å². The van der Waals surface area contributed by atoms with Gasteiger partial charge in [-0.1, -0.05) is 94.3 Å². The maximum atomic E-state index is 14.1. The van der Waals surface area contributed by atoms with Gasteiger partial charge < -0.3 is 5.11 Å². The lowest BCUT2D eigenvalue weighted by atomic mass is 10.0. The minimum atomic E-state index is -3.81. The van der Waals surface area contributed by atoms with Crippen molar-refractivity contribution >= 4 is 31.9 Å². The number of rotatable bonds is 9. The Balaban J connectivity index is 1.68. The van der Waals surface area contributed by atoms with Crippen LogP contribution < -0.4 is 0 Å². The smallest absolute Gasteiger partial charge is 0.307 e. The summed E-state index contributed by atoms with van der Waals surface area (Å²) in [5, 5.41) is 9.11. The monoisotopic (exact) mass is 591 g/mol. The molecule has 0 aliphatic rings. The third-order valence-electron chi connectivity index (χ3n) is 6.38. The van der Waals surface area contributed by atoms with Gasteiger partial charge in [-0.2, -0.15) is 4.31 Å². The minimum Gasteiger partial charge on any atom is -0.481 e. The zero-order valence-corrected chi connectivity index (χ0v) is 24.0. The Bertz CT molecular complexity index is 1560. The Morgan fingerprint density at radius 1 is 0.763 bits per heavy atom. The van der Waals surface area contributed by atoms with E-state index in [0.717, 1.165) is 49.0 Å². The fourth-order valence-electron chi connectivity index (χ4n) is 4.81. The van der Waals surface area contributed by atoms with Gasteiger partial charge in [0.1, 0.15) is 0 Å². The van der Waals surface area contributed by atoms with E-state index < -0.39 is 16.0 Å². The second-order valence-electron chi connectivity index (χ2n) is 9.60. The van der Waals surface area contributed by atoms with Gasteiger partial charge in [0.05, 0.1) is 11.3 Å². The van der Waals surface area contributed by atoms with Gasteiger partial charge in [0, 0.05) is 17.6 Å². The number of carboxylic acids is 1. The summed E-state index contributed by atoms with van der Waals surface area (Å²) in [4.78, 5) is 11.5. The molecule has 0 bridgehead atoms. The van der Waals surface area contributed by atoms with Gasteiger partial charge in [-0.25, -0.2) is 8.42 Å². The lowest BCUT2D eigenvalue weighted by Gasteiger charge is -2.25. The number of aryl methyl sites for hydroxylation is 3. The van der Waals surface area contributed by atoms with E-state index in [2.05, 4.69) is 15.9 Å². The third-order valence-corrected chi connectivity index (χ3v) is 8.97. The van der Waals surface area contributed by atoms with Crippen LogP contribution >= 0.6 is 15.9 Å². The highest BCUT2D eigenvalue weighted by Crippen LogP contribution is 2.29. The third kappa shape index (κ3) is 6.59. The highest BCUT2D eigenvalue weighted by Gasteiger charge is 2.28. The molecule has 7 heteroatoms. The Morgan fingerprint density at radius 3 is 2.00 bits per heavy atom.